The summed E-state index contributed by atoms with van der Waals surface area (Å²) in [6.07, 6.45) is 0.0428. The van der Waals surface area contributed by atoms with E-state index in [1.807, 2.05) is 30.3 Å². The van der Waals surface area contributed by atoms with Crippen molar-refractivity contribution in [2.45, 2.75) is 6.10 Å². The topological polar surface area (TPSA) is 12.5 Å². The molecule has 0 N–H and O–H groups in total. The molecule has 0 aromatic heterocycles. The molecule has 0 aliphatic carbocycles. The highest BCUT2D eigenvalue weighted by molar-refractivity contribution is 5.19. The summed E-state index contributed by atoms with van der Waals surface area (Å²) in [6.45, 7) is -0.317. The lowest BCUT2D eigenvalue weighted by atomic mass is 10.2. The Bertz CT molecular complexity index is 222. The normalized spacial score (nSPS) is 33.6. The van der Waals surface area contributed by atoms with Gasteiger partial charge in [0.2, 0.25) is 0 Å². The lowest BCUT2D eigenvalue weighted by molar-refractivity contribution is 0.415. The second kappa shape index (κ2) is 1.85. The molecule has 0 bridgehead atoms. The predicted molar refractivity (Wildman–Crippen MR) is 35.1 cm³/mol. The van der Waals surface area contributed by atoms with Gasteiger partial charge in [0.05, 0.1) is 7.95 Å². The molecule has 2 rings (SSSR count). The van der Waals surface area contributed by atoms with Gasteiger partial charge in [-0.2, -0.15) is 0 Å². The molecule has 1 aromatic rings. The molecule has 1 aliphatic rings. The molecule has 1 heteroatoms. The lowest BCUT2D eigenvalue weighted by Crippen LogP contribution is -1.75. The van der Waals surface area contributed by atoms with Gasteiger partial charge in [0.15, 0.2) is 0 Å². The molecule has 1 saturated heterocycles. The number of ether oxygens (including phenoxy) is 1. The molecule has 0 unspecified atom stereocenters. The van der Waals surface area contributed by atoms with Crippen LogP contribution in [0.25, 0.3) is 0 Å². The fraction of sp³-hybridized carbons (Fsp3) is 0.250. The minimum Gasteiger partial charge on any atom is -0.368 e. The Kier molecular flexibility index (Phi) is 0.836. The zero-order valence-corrected chi connectivity index (χ0v) is 4.95. The standard InChI is InChI=1S/C8H8O/c1-2-4-7(5-3-1)8-6-9-8/h1-5,8H,6H2/t8-/m0/s1/i6D/t6-,8-. The van der Waals surface area contributed by atoms with Gasteiger partial charge in [-0.15, -0.1) is 0 Å². The monoisotopic (exact) mass is 121 g/mol. The average Bonchev–Trinajstić information content (AvgIpc) is 2.69. The summed E-state index contributed by atoms with van der Waals surface area (Å²) in [5.74, 6) is 0. The summed E-state index contributed by atoms with van der Waals surface area (Å²) < 4.78 is 12.1. The van der Waals surface area contributed by atoms with Crippen molar-refractivity contribution in [1.82, 2.24) is 0 Å². The Morgan fingerprint density at radius 1 is 1.44 bits per heavy atom. The highest BCUT2D eigenvalue weighted by Crippen LogP contribution is 2.28. The van der Waals surface area contributed by atoms with E-state index in [9.17, 15) is 0 Å². The van der Waals surface area contributed by atoms with Crippen LogP contribution in [0.4, 0.5) is 0 Å². The van der Waals surface area contributed by atoms with E-state index in [1.165, 1.54) is 0 Å². The van der Waals surface area contributed by atoms with Gasteiger partial charge in [0.1, 0.15) is 6.10 Å². The molecule has 0 spiro atoms. The second-order valence-electron chi connectivity index (χ2n) is 2.10. The zero-order valence-electron chi connectivity index (χ0n) is 5.95. The van der Waals surface area contributed by atoms with E-state index in [2.05, 4.69) is 0 Å². The lowest BCUT2D eigenvalue weighted by Gasteiger charge is -1.89. The van der Waals surface area contributed by atoms with Gasteiger partial charge in [-0.3, -0.25) is 0 Å². The molecule has 0 radical (unpaired) electrons. The van der Waals surface area contributed by atoms with Gasteiger partial charge in [-0.25, -0.2) is 0 Å². The third-order valence-corrected chi connectivity index (χ3v) is 1.40. The second-order valence-corrected chi connectivity index (χ2v) is 2.10. The van der Waals surface area contributed by atoms with Gasteiger partial charge in [0.25, 0.3) is 0 Å². The van der Waals surface area contributed by atoms with Crippen LogP contribution in [-0.4, -0.2) is 6.58 Å². The van der Waals surface area contributed by atoms with Gasteiger partial charge in [-0.05, 0) is 5.56 Å². The average molecular weight is 121 g/mol. The highest BCUT2D eigenvalue weighted by Gasteiger charge is 2.23. The van der Waals surface area contributed by atoms with Crippen molar-refractivity contribution in [2.24, 2.45) is 0 Å². The van der Waals surface area contributed by atoms with E-state index >= 15 is 0 Å². The maximum absolute atomic E-state index is 7.17. The van der Waals surface area contributed by atoms with Crippen molar-refractivity contribution in [3.8, 4) is 0 Å². The number of hydrogen-bond donors (Lipinski definition) is 0. The number of hydrogen-bond acceptors (Lipinski definition) is 1. The molecule has 1 aliphatic heterocycles. The van der Waals surface area contributed by atoms with Crippen molar-refractivity contribution >= 4 is 0 Å². The molecule has 0 amide bonds. The van der Waals surface area contributed by atoms with Crippen LogP contribution in [0.5, 0.6) is 0 Å². The Morgan fingerprint density at radius 3 is 2.67 bits per heavy atom. The number of epoxide rings is 1. The number of rotatable bonds is 1. The third-order valence-electron chi connectivity index (χ3n) is 1.40. The van der Waals surface area contributed by atoms with Crippen molar-refractivity contribution in [1.29, 1.82) is 0 Å². The molecular weight excluding hydrogens is 112 g/mol. The van der Waals surface area contributed by atoms with Crippen LogP contribution in [0.3, 0.4) is 0 Å². The highest BCUT2D eigenvalue weighted by atomic mass is 16.6. The maximum atomic E-state index is 7.17. The van der Waals surface area contributed by atoms with Crippen molar-refractivity contribution in [3.05, 3.63) is 35.9 Å². The fourth-order valence-corrected chi connectivity index (χ4v) is 0.839. The van der Waals surface area contributed by atoms with Crippen LogP contribution in [0.15, 0.2) is 30.3 Å². The largest absolute Gasteiger partial charge is 0.368 e. The quantitative estimate of drug-likeness (QED) is 0.516. The van der Waals surface area contributed by atoms with Gasteiger partial charge in [-0.1, -0.05) is 30.3 Å². The summed E-state index contributed by atoms with van der Waals surface area (Å²) in [5.41, 5.74) is 1.11. The van der Waals surface area contributed by atoms with Crippen LogP contribution in [-0.2, 0) is 4.74 Å². The molecular formula is C8H8O. The van der Waals surface area contributed by atoms with Crippen LogP contribution < -0.4 is 0 Å². The summed E-state index contributed by atoms with van der Waals surface area (Å²) >= 11 is 0. The van der Waals surface area contributed by atoms with E-state index in [0.717, 1.165) is 5.56 Å². The van der Waals surface area contributed by atoms with E-state index in [-0.39, 0.29) is 12.7 Å². The molecule has 46 valence electrons. The Labute approximate surface area is 55.7 Å². The first-order valence-electron chi connectivity index (χ1n) is 3.58. The van der Waals surface area contributed by atoms with Crippen LogP contribution in [0.1, 0.15) is 13.0 Å². The number of benzene rings is 1. The first kappa shape index (κ1) is 4.07. The van der Waals surface area contributed by atoms with E-state index in [4.69, 9.17) is 6.11 Å². The first-order valence-corrected chi connectivity index (χ1v) is 3.00. The predicted octanol–water partition coefficient (Wildman–Crippen LogP) is 1.76. The summed E-state index contributed by atoms with van der Waals surface area (Å²) in [7, 11) is 0. The summed E-state index contributed by atoms with van der Waals surface area (Å²) in [4.78, 5) is 0. The molecule has 2 atom stereocenters. The van der Waals surface area contributed by atoms with Crippen LogP contribution in [0, 0.1) is 0 Å². The first-order chi connectivity index (χ1) is 4.88. The third kappa shape index (κ3) is 0.958. The van der Waals surface area contributed by atoms with Gasteiger partial charge < -0.3 is 4.74 Å². The van der Waals surface area contributed by atoms with Crippen molar-refractivity contribution in [3.63, 3.8) is 0 Å². The minimum absolute atomic E-state index is 0.0428. The van der Waals surface area contributed by atoms with Crippen LogP contribution in [0.2, 0.25) is 0 Å². The van der Waals surface area contributed by atoms with E-state index < -0.39 is 0 Å². The fourth-order valence-electron chi connectivity index (χ4n) is 0.839. The zero-order chi connectivity index (χ0) is 6.97. The van der Waals surface area contributed by atoms with Gasteiger partial charge in [0, 0.05) is 0 Å². The molecule has 1 aromatic carbocycles. The van der Waals surface area contributed by atoms with Gasteiger partial charge >= 0.3 is 0 Å². The minimum atomic E-state index is -0.317. The molecule has 1 heterocycles. The van der Waals surface area contributed by atoms with E-state index in [1.54, 1.807) is 0 Å². The summed E-state index contributed by atoms with van der Waals surface area (Å²) in [5, 5.41) is 0. The Hall–Kier alpha value is -0.820. The Morgan fingerprint density at radius 2 is 2.11 bits per heavy atom. The Balaban J connectivity index is 2.20. The smallest absolute Gasteiger partial charge is 0.106 e. The molecule has 0 saturated carbocycles. The maximum Gasteiger partial charge on any atom is 0.106 e. The SMILES string of the molecule is [2H][C@@H]1O[C@@H]1c1ccccc1. The summed E-state index contributed by atoms with van der Waals surface area (Å²) in [6, 6.07) is 9.86. The van der Waals surface area contributed by atoms with Crippen LogP contribution >= 0.6 is 0 Å². The van der Waals surface area contributed by atoms with Crippen molar-refractivity contribution in [2.75, 3.05) is 6.58 Å². The molecule has 1 nitrogen and oxygen atoms in total. The molecule has 9 heavy (non-hydrogen) atoms. The van der Waals surface area contributed by atoms with E-state index in [0.29, 0.717) is 0 Å². The van der Waals surface area contributed by atoms with Crippen molar-refractivity contribution < 1.29 is 6.11 Å². The molecule has 1 fully saturated rings.